The average molecular weight is 290 g/mol. The van der Waals surface area contributed by atoms with E-state index in [-0.39, 0.29) is 0 Å². The van der Waals surface area contributed by atoms with E-state index >= 15 is 0 Å². The Morgan fingerprint density at radius 2 is 1.80 bits per heavy atom. The Balaban J connectivity index is 1.89. The fourth-order valence-electron chi connectivity index (χ4n) is 2.13. The van der Waals surface area contributed by atoms with Crippen LogP contribution in [0.1, 0.15) is 17.5 Å². The van der Waals surface area contributed by atoms with Crippen molar-refractivity contribution >= 4 is 11.6 Å². The van der Waals surface area contributed by atoms with Crippen LogP contribution in [0.3, 0.4) is 0 Å². The van der Waals surface area contributed by atoms with Crippen LogP contribution in [-0.4, -0.2) is 33.8 Å². The number of pyridine rings is 2. The van der Waals surface area contributed by atoms with E-state index in [9.17, 15) is 0 Å². The van der Waals surface area contributed by atoms with Gasteiger partial charge in [0.2, 0.25) is 0 Å². The maximum absolute atomic E-state index is 5.82. The second kappa shape index (κ2) is 8.67. The van der Waals surface area contributed by atoms with Crippen LogP contribution in [0.15, 0.2) is 49.1 Å². The first-order valence-corrected chi connectivity index (χ1v) is 7.48. The van der Waals surface area contributed by atoms with Crippen molar-refractivity contribution in [3.63, 3.8) is 0 Å². The summed E-state index contributed by atoms with van der Waals surface area (Å²) in [5.41, 5.74) is 2.57. The van der Waals surface area contributed by atoms with Gasteiger partial charge in [-0.15, -0.1) is 11.6 Å². The molecule has 0 atom stereocenters. The summed E-state index contributed by atoms with van der Waals surface area (Å²) in [6, 6.07) is 8.25. The normalized spacial score (nSPS) is 10.9. The molecule has 0 saturated carbocycles. The van der Waals surface area contributed by atoms with E-state index < -0.39 is 0 Å². The van der Waals surface area contributed by atoms with Gasteiger partial charge < -0.3 is 0 Å². The highest BCUT2D eigenvalue weighted by Gasteiger charge is 2.06. The topological polar surface area (TPSA) is 29.0 Å². The maximum Gasteiger partial charge on any atom is 0.0300 e. The minimum Gasteiger partial charge on any atom is -0.299 e. The zero-order valence-corrected chi connectivity index (χ0v) is 12.3. The highest BCUT2D eigenvalue weighted by atomic mass is 35.5. The second-order valence-electron chi connectivity index (χ2n) is 4.79. The molecular weight excluding hydrogens is 270 g/mol. The summed E-state index contributed by atoms with van der Waals surface area (Å²) in [5.74, 6) is 0.708. The SMILES string of the molecule is ClCCCN(CCc1cccnc1)Cc1ccncc1. The van der Waals surface area contributed by atoms with Gasteiger partial charge in [-0.3, -0.25) is 14.9 Å². The molecule has 0 aliphatic rings. The summed E-state index contributed by atoms with van der Waals surface area (Å²) in [6.45, 7) is 2.98. The Labute approximate surface area is 125 Å². The van der Waals surface area contributed by atoms with Crippen LogP contribution in [0.5, 0.6) is 0 Å². The molecule has 0 aliphatic carbocycles. The van der Waals surface area contributed by atoms with Gasteiger partial charge in [0.25, 0.3) is 0 Å². The lowest BCUT2D eigenvalue weighted by Crippen LogP contribution is -2.27. The third-order valence-electron chi connectivity index (χ3n) is 3.20. The number of aromatic nitrogens is 2. The smallest absolute Gasteiger partial charge is 0.0300 e. The van der Waals surface area contributed by atoms with E-state index in [0.29, 0.717) is 5.88 Å². The van der Waals surface area contributed by atoms with Gasteiger partial charge in [0.1, 0.15) is 0 Å². The highest BCUT2D eigenvalue weighted by Crippen LogP contribution is 2.07. The second-order valence-corrected chi connectivity index (χ2v) is 5.16. The van der Waals surface area contributed by atoms with Gasteiger partial charge in [0.15, 0.2) is 0 Å². The zero-order chi connectivity index (χ0) is 14.0. The summed E-state index contributed by atoms with van der Waals surface area (Å²) >= 11 is 5.82. The number of rotatable bonds is 8. The predicted octanol–water partition coefficient (Wildman–Crippen LogP) is 3.15. The molecule has 2 aromatic heterocycles. The first kappa shape index (κ1) is 14.9. The van der Waals surface area contributed by atoms with E-state index in [1.807, 2.05) is 30.9 Å². The summed E-state index contributed by atoms with van der Waals surface area (Å²) in [5, 5.41) is 0. The van der Waals surface area contributed by atoms with E-state index in [1.54, 1.807) is 0 Å². The van der Waals surface area contributed by atoms with Crippen molar-refractivity contribution < 1.29 is 0 Å². The first-order valence-electron chi connectivity index (χ1n) is 6.94. The Hall–Kier alpha value is -1.45. The fourth-order valence-corrected chi connectivity index (χ4v) is 2.25. The molecule has 2 aromatic rings. The molecule has 4 heteroatoms. The predicted molar refractivity (Wildman–Crippen MR) is 82.8 cm³/mol. The van der Waals surface area contributed by atoms with Crippen LogP contribution in [0.25, 0.3) is 0 Å². The van der Waals surface area contributed by atoms with E-state index in [1.165, 1.54) is 11.1 Å². The number of nitrogens with zero attached hydrogens (tertiary/aromatic N) is 3. The molecule has 0 unspecified atom stereocenters. The summed E-state index contributed by atoms with van der Waals surface area (Å²) in [4.78, 5) is 10.7. The first-order chi connectivity index (χ1) is 9.88. The van der Waals surface area contributed by atoms with Crippen LogP contribution >= 0.6 is 11.6 Å². The minimum atomic E-state index is 0.708. The number of hydrogen-bond donors (Lipinski definition) is 0. The quantitative estimate of drug-likeness (QED) is 0.699. The van der Waals surface area contributed by atoms with Gasteiger partial charge in [0, 0.05) is 43.8 Å². The minimum absolute atomic E-state index is 0.708. The summed E-state index contributed by atoms with van der Waals surface area (Å²) in [6.07, 6.45) is 9.46. The third-order valence-corrected chi connectivity index (χ3v) is 3.47. The molecule has 2 heterocycles. The number of alkyl halides is 1. The molecule has 0 spiro atoms. The van der Waals surface area contributed by atoms with Crippen molar-refractivity contribution in [3.8, 4) is 0 Å². The summed E-state index contributed by atoms with van der Waals surface area (Å²) < 4.78 is 0. The lowest BCUT2D eigenvalue weighted by molar-refractivity contribution is 0.269. The molecular formula is C16H20ClN3. The fraction of sp³-hybridized carbons (Fsp3) is 0.375. The van der Waals surface area contributed by atoms with E-state index in [2.05, 4.69) is 33.1 Å². The van der Waals surface area contributed by atoms with Crippen molar-refractivity contribution in [1.29, 1.82) is 0 Å². The molecule has 0 N–H and O–H groups in total. The standard InChI is InChI=1S/C16H20ClN3/c17-7-2-11-20(14-16-4-9-18-10-5-16)12-6-15-3-1-8-19-13-15/h1,3-5,8-10,13H,2,6-7,11-12,14H2. The molecule has 0 amide bonds. The van der Waals surface area contributed by atoms with Crippen LogP contribution in [0.4, 0.5) is 0 Å². The van der Waals surface area contributed by atoms with Crippen LogP contribution < -0.4 is 0 Å². The molecule has 0 radical (unpaired) electrons. The van der Waals surface area contributed by atoms with Crippen LogP contribution in [-0.2, 0) is 13.0 Å². The Bertz CT molecular complexity index is 476. The van der Waals surface area contributed by atoms with Gasteiger partial charge in [-0.05, 0) is 48.7 Å². The zero-order valence-electron chi connectivity index (χ0n) is 11.6. The number of halogens is 1. The van der Waals surface area contributed by atoms with E-state index in [0.717, 1.165) is 32.5 Å². The Morgan fingerprint density at radius 3 is 2.50 bits per heavy atom. The van der Waals surface area contributed by atoms with Crippen molar-refractivity contribution in [2.24, 2.45) is 0 Å². The van der Waals surface area contributed by atoms with Gasteiger partial charge in [-0.1, -0.05) is 6.07 Å². The highest BCUT2D eigenvalue weighted by molar-refractivity contribution is 6.17. The molecule has 0 aliphatic heterocycles. The van der Waals surface area contributed by atoms with Gasteiger partial charge >= 0.3 is 0 Å². The van der Waals surface area contributed by atoms with Gasteiger partial charge in [-0.2, -0.15) is 0 Å². The average Bonchev–Trinajstić information content (AvgIpc) is 2.52. The lowest BCUT2D eigenvalue weighted by atomic mass is 10.2. The molecule has 0 aromatic carbocycles. The molecule has 0 bridgehead atoms. The molecule has 2 rings (SSSR count). The van der Waals surface area contributed by atoms with Gasteiger partial charge in [0.05, 0.1) is 0 Å². The molecule has 0 saturated heterocycles. The van der Waals surface area contributed by atoms with E-state index in [4.69, 9.17) is 11.6 Å². The monoisotopic (exact) mass is 289 g/mol. The third kappa shape index (κ3) is 5.27. The molecule has 106 valence electrons. The Kier molecular flexibility index (Phi) is 6.48. The molecule has 20 heavy (non-hydrogen) atoms. The Morgan fingerprint density at radius 1 is 0.950 bits per heavy atom. The largest absolute Gasteiger partial charge is 0.299 e. The van der Waals surface area contributed by atoms with Gasteiger partial charge in [-0.25, -0.2) is 0 Å². The molecule has 0 fully saturated rings. The maximum atomic E-state index is 5.82. The molecule has 3 nitrogen and oxygen atoms in total. The van der Waals surface area contributed by atoms with Crippen molar-refractivity contribution in [2.45, 2.75) is 19.4 Å². The summed E-state index contributed by atoms with van der Waals surface area (Å²) in [7, 11) is 0. The van der Waals surface area contributed by atoms with Crippen molar-refractivity contribution in [3.05, 3.63) is 60.2 Å². The van der Waals surface area contributed by atoms with Crippen molar-refractivity contribution in [1.82, 2.24) is 14.9 Å². The lowest BCUT2D eigenvalue weighted by Gasteiger charge is -2.22. The number of hydrogen-bond acceptors (Lipinski definition) is 3. The van der Waals surface area contributed by atoms with Crippen molar-refractivity contribution in [2.75, 3.05) is 19.0 Å². The van der Waals surface area contributed by atoms with Crippen LogP contribution in [0.2, 0.25) is 0 Å². The van der Waals surface area contributed by atoms with Crippen LogP contribution in [0, 0.1) is 0 Å².